The van der Waals surface area contributed by atoms with E-state index in [9.17, 15) is 0 Å². The molecule has 2 N–H and O–H groups in total. The summed E-state index contributed by atoms with van der Waals surface area (Å²) in [6.07, 6.45) is 0.859. The van der Waals surface area contributed by atoms with Gasteiger partial charge in [0.25, 0.3) is 0 Å². The van der Waals surface area contributed by atoms with Crippen LogP contribution in [0.15, 0.2) is 16.6 Å². The molecular formula is C10H12BrNO2. The second-order valence-electron chi connectivity index (χ2n) is 3.20. The van der Waals surface area contributed by atoms with Crippen molar-refractivity contribution in [1.82, 2.24) is 0 Å². The summed E-state index contributed by atoms with van der Waals surface area (Å²) in [5.41, 5.74) is 7.79. The molecule has 1 aliphatic rings. The van der Waals surface area contributed by atoms with Crippen LogP contribution in [0.1, 0.15) is 11.1 Å². The van der Waals surface area contributed by atoms with E-state index in [1.807, 2.05) is 12.1 Å². The Bertz CT molecular complexity index is 341. The Morgan fingerprint density at radius 2 is 2.29 bits per heavy atom. The molecule has 0 radical (unpaired) electrons. The molecule has 14 heavy (non-hydrogen) atoms. The Morgan fingerprint density at radius 1 is 1.43 bits per heavy atom. The number of fused-ring (bicyclic) bond motifs is 1. The van der Waals surface area contributed by atoms with Crippen LogP contribution in [0.3, 0.4) is 0 Å². The Labute approximate surface area is 91.3 Å². The lowest BCUT2D eigenvalue weighted by molar-refractivity contribution is -0.0164. The Hall–Kier alpha value is -0.580. The van der Waals surface area contributed by atoms with Gasteiger partial charge in [0.05, 0.1) is 6.61 Å². The Kier molecular flexibility index (Phi) is 3.05. The van der Waals surface area contributed by atoms with Crippen LogP contribution in [0.5, 0.6) is 5.75 Å². The molecule has 0 atom stereocenters. The van der Waals surface area contributed by atoms with Gasteiger partial charge in [-0.1, -0.05) is 15.9 Å². The summed E-state index contributed by atoms with van der Waals surface area (Å²) in [6, 6.07) is 4.08. The van der Waals surface area contributed by atoms with Gasteiger partial charge in [-0.2, -0.15) is 0 Å². The molecule has 0 spiro atoms. The summed E-state index contributed by atoms with van der Waals surface area (Å²) in [7, 11) is 0. The maximum Gasteiger partial charge on any atom is 0.189 e. The SMILES string of the molecule is NCCc1cc2c(cc1Br)COCO2. The van der Waals surface area contributed by atoms with Crippen LogP contribution in [0.25, 0.3) is 0 Å². The predicted octanol–water partition coefficient (Wildman–Crippen LogP) is 1.82. The van der Waals surface area contributed by atoms with E-state index in [-0.39, 0.29) is 0 Å². The van der Waals surface area contributed by atoms with Gasteiger partial charge in [0, 0.05) is 10.0 Å². The highest BCUT2D eigenvalue weighted by atomic mass is 79.9. The zero-order valence-electron chi connectivity index (χ0n) is 7.75. The quantitative estimate of drug-likeness (QED) is 0.879. The van der Waals surface area contributed by atoms with Crippen molar-refractivity contribution in [3.05, 3.63) is 27.7 Å². The van der Waals surface area contributed by atoms with E-state index in [0.29, 0.717) is 19.9 Å². The third-order valence-electron chi connectivity index (χ3n) is 2.20. The zero-order valence-corrected chi connectivity index (χ0v) is 9.34. The topological polar surface area (TPSA) is 44.5 Å². The predicted molar refractivity (Wildman–Crippen MR) is 57.2 cm³/mol. The molecule has 4 heteroatoms. The lowest BCUT2D eigenvalue weighted by atomic mass is 10.1. The minimum absolute atomic E-state index is 0.344. The van der Waals surface area contributed by atoms with Crippen molar-refractivity contribution in [1.29, 1.82) is 0 Å². The van der Waals surface area contributed by atoms with Crippen molar-refractivity contribution in [2.24, 2.45) is 5.73 Å². The van der Waals surface area contributed by atoms with Crippen LogP contribution < -0.4 is 10.5 Å². The fourth-order valence-electron chi connectivity index (χ4n) is 1.49. The molecule has 1 aromatic rings. The molecule has 0 bridgehead atoms. The molecule has 0 aliphatic carbocycles. The number of benzene rings is 1. The van der Waals surface area contributed by atoms with Crippen molar-refractivity contribution >= 4 is 15.9 Å². The standard InChI is InChI=1S/C10H12BrNO2/c11-9-3-8-5-13-6-14-10(8)4-7(9)1-2-12/h3-4H,1-2,5-6,12H2. The summed E-state index contributed by atoms with van der Waals surface area (Å²) >= 11 is 3.51. The first-order valence-electron chi connectivity index (χ1n) is 4.53. The lowest BCUT2D eigenvalue weighted by Crippen LogP contribution is -2.12. The van der Waals surface area contributed by atoms with Crippen molar-refractivity contribution in [3.8, 4) is 5.75 Å². The molecule has 1 heterocycles. The molecule has 0 saturated carbocycles. The molecule has 1 aliphatic heterocycles. The average Bonchev–Trinajstić information content (AvgIpc) is 2.19. The molecule has 0 fully saturated rings. The van der Waals surface area contributed by atoms with E-state index in [2.05, 4.69) is 15.9 Å². The highest BCUT2D eigenvalue weighted by Gasteiger charge is 2.13. The first-order chi connectivity index (χ1) is 6.81. The van der Waals surface area contributed by atoms with Gasteiger partial charge in [0.15, 0.2) is 6.79 Å². The van der Waals surface area contributed by atoms with Gasteiger partial charge in [0.2, 0.25) is 0 Å². The fourth-order valence-corrected chi connectivity index (χ4v) is 2.08. The van der Waals surface area contributed by atoms with Crippen molar-refractivity contribution < 1.29 is 9.47 Å². The third-order valence-corrected chi connectivity index (χ3v) is 2.94. The molecule has 0 saturated heterocycles. The average molecular weight is 258 g/mol. The number of nitrogens with two attached hydrogens (primary N) is 1. The van der Waals surface area contributed by atoms with Crippen LogP contribution in [-0.4, -0.2) is 13.3 Å². The van der Waals surface area contributed by atoms with Gasteiger partial charge < -0.3 is 15.2 Å². The summed E-state index contributed by atoms with van der Waals surface area (Å²) in [4.78, 5) is 0. The molecule has 76 valence electrons. The molecule has 0 aromatic heterocycles. The van der Waals surface area contributed by atoms with Gasteiger partial charge in [-0.25, -0.2) is 0 Å². The number of hydrogen-bond acceptors (Lipinski definition) is 3. The Morgan fingerprint density at radius 3 is 3.07 bits per heavy atom. The second-order valence-corrected chi connectivity index (χ2v) is 4.06. The van der Waals surface area contributed by atoms with Gasteiger partial charge in [-0.3, -0.25) is 0 Å². The minimum atomic E-state index is 0.344. The minimum Gasteiger partial charge on any atom is -0.467 e. The largest absolute Gasteiger partial charge is 0.467 e. The van der Waals surface area contributed by atoms with Gasteiger partial charge in [-0.05, 0) is 30.7 Å². The maximum absolute atomic E-state index is 5.52. The zero-order chi connectivity index (χ0) is 9.97. The fraction of sp³-hybridized carbons (Fsp3) is 0.400. The first kappa shape index (κ1) is 9.96. The second kappa shape index (κ2) is 4.29. The molecule has 3 nitrogen and oxygen atoms in total. The number of halogens is 1. The van der Waals surface area contributed by atoms with E-state index in [4.69, 9.17) is 15.2 Å². The smallest absolute Gasteiger partial charge is 0.189 e. The number of ether oxygens (including phenoxy) is 2. The maximum atomic E-state index is 5.52. The number of hydrogen-bond donors (Lipinski definition) is 1. The molecular weight excluding hydrogens is 246 g/mol. The normalized spacial score (nSPS) is 14.7. The monoisotopic (exact) mass is 257 g/mol. The Balaban J connectivity index is 2.35. The van der Waals surface area contributed by atoms with Crippen LogP contribution in [0.2, 0.25) is 0 Å². The molecule has 1 aromatic carbocycles. The summed E-state index contributed by atoms with van der Waals surface area (Å²) < 4.78 is 11.6. The van der Waals surface area contributed by atoms with E-state index in [1.165, 1.54) is 5.56 Å². The van der Waals surface area contributed by atoms with Crippen molar-refractivity contribution in [2.75, 3.05) is 13.3 Å². The first-order valence-corrected chi connectivity index (χ1v) is 5.32. The van der Waals surface area contributed by atoms with Gasteiger partial charge >= 0.3 is 0 Å². The van der Waals surface area contributed by atoms with E-state index >= 15 is 0 Å². The molecule has 0 unspecified atom stereocenters. The van der Waals surface area contributed by atoms with E-state index in [0.717, 1.165) is 22.2 Å². The highest BCUT2D eigenvalue weighted by Crippen LogP contribution is 2.30. The lowest BCUT2D eigenvalue weighted by Gasteiger charge is -2.19. The van der Waals surface area contributed by atoms with Crippen molar-refractivity contribution in [2.45, 2.75) is 13.0 Å². The summed E-state index contributed by atoms with van der Waals surface area (Å²) in [5.74, 6) is 0.919. The van der Waals surface area contributed by atoms with Crippen LogP contribution in [-0.2, 0) is 17.8 Å². The molecule has 2 rings (SSSR count). The number of rotatable bonds is 2. The molecule has 0 amide bonds. The van der Waals surface area contributed by atoms with E-state index in [1.54, 1.807) is 0 Å². The van der Waals surface area contributed by atoms with Crippen molar-refractivity contribution in [3.63, 3.8) is 0 Å². The van der Waals surface area contributed by atoms with Crippen LogP contribution in [0, 0.1) is 0 Å². The van der Waals surface area contributed by atoms with E-state index < -0.39 is 0 Å². The van der Waals surface area contributed by atoms with Crippen LogP contribution in [0.4, 0.5) is 0 Å². The van der Waals surface area contributed by atoms with Gasteiger partial charge in [0.1, 0.15) is 5.75 Å². The van der Waals surface area contributed by atoms with Gasteiger partial charge in [-0.15, -0.1) is 0 Å². The summed E-state index contributed by atoms with van der Waals surface area (Å²) in [6.45, 7) is 1.61. The highest BCUT2D eigenvalue weighted by molar-refractivity contribution is 9.10. The van der Waals surface area contributed by atoms with Crippen LogP contribution >= 0.6 is 15.9 Å². The third kappa shape index (κ3) is 1.92. The summed E-state index contributed by atoms with van der Waals surface area (Å²) in [5, 5.41) is 0.